The topological polar surface area (TPSA) is 58.1 Å². The molecule has 24 heavy (non-hydrogen) atoms. The van der Waals surface area contributed by atoms with E-state index in [0.717, 1.165) is 67.5 Å². The van der Waals surface area contributed by atoms with Crippen LogP contribution in [0.3, 0.4) is 0 Å². The van der Waals surface area contributed by atoms with Gasteiger partial charge in [0, 0.05) is 18.7 Å². The van der Waals surface area contributed by atoms with E-state index < -0.39 is 0 Å². The number of amides is 1. The molecule has 2 aromatic rings. The Labute approximate surface area is 152 Å². The lowest BCUT2D eigenvalue weighted by atomic mass is 9.79. The van der Waals surface area contributed by atoms with E-state index in [4.69, 9.17) is 0 Å². The molecule has 0 saturated carbocycles. The van der Waals surface area contributed by atoms with Gasteiger partial charge in [0.05, 0.1) is 11.7 Å². The van der Waals surface area contributed by atoms with E-state index in [-0.39, 0.29) is 18.3 Å². The predicted molar refractivity (Wildman–Crippen MR) is 98.9 cm³/mol. The van der Waals surface area contributed by atoms with Crippen LogP contribution in [0.4, 0.5) is 0 Å². The van der Waals surface area contributed by atoms with E-state index in [1.807, 2.05) is 23.1 Å². The predicted octanol–water partition coefficient (Wildman–Crippen LogP) is 2.96. The highest BCUT2D eigenvalue weighted by atomic mass is 35.5. The second kappa shape index (κ2) is 7.76. The summed E-state index contributed by atoms with van der Waals surface area (Å²) in [5.74, 6) is 1.79. The largest absolute Gasteiger partial charge is 0.339 e. The number of fused-ring (bicyclic) bond motifs is 1. The summed E-state index contributed by atoms with van der Waals surface area (Å²) in [7, 11) is 0. The summed E-state index contributed by atoms with van der Waals surface area (Å²) in [4.78, 5) is 14.7. The van der Waals surface area contributed by atoms with Gasteiger partial charge in [0.1, 0.15) is 11.0 Å². The Morgan fingerprint density at radius 1 is 1.04 bits per heavy atom. The Morgan fingerprint density at radius 2 is 1.71 bits per heavy atom. The number of hydrogen-bond donors (Lipinski definition) is 1. The van der Waals surface area contributed by atoms with Crippen LogP contribution in [0.1, 0.15) is 36.0 Å². The minimum Gasteiger partial charge on any atom is -0.339 e. The Balaban J connectivity index is 0.00000169. The van der Waals surface area contributed by atoms with Crippen LogP contribution >= 0.6 is 24.1 Å². The Bertz CT molecular complexity index is 693. The first-order chi connectivity index (χ1) is 11.3. The minimum absolute atomic E-state index is 0. The molecule has 2 saturated heterocycles. The molecular formula is C17H23ClN4OS. The molecular weight excluding hydrogens is 344 g/mol. The fraction of sp³-hybridized carbons (Fsp3) is 0.588. The third kappa shape index (κ3) is 3.55. The maximum Gasteiger partial charge on any atom is 0.253 e. The van der Waals surface area contributed by atoms with Crippen molar-refractivity contribution in [2.45, 2.75) is 25.7 Å². The molecule has 7 heteroatoms. The minimum atomic E-state index is 0. The summed E-state index contributed by atoms with van der Waals surface area (Å²) >= 11 is 1.19. The average molecular weight is 367 g/mol. The number of aromatic nitrogens is 2. The monoisotopic (exact) mass is 366 g/mol. The highest BCUT2D eigenvalue weighted by Gasteiger charge is 2.29. The Hall–Kier alpha value is -1.24. The standard InChI is InChI=1S/C17H22N4OS.ClH/c22-17(14-1-2-15-16(11-14)20-23-19-15)21-9-5-13(6-10-21)12-3-7-18-8-4-12;/h1-2,11-13,18H,3-10H2;1H. The molecule has 3 heterocycles. The zero-order valence-corrected chi connectivity index (χ0v) is 15.2. The average Bonchev–Trinajstić information content (AvgIpc) is 3.10. The second-order valence-electron chi connectivity index (χ2n) is 6.68. The molecule has 1 N–H and O–H groups in total. The number of benzene rings is 1. The molecule has 0 bridgehead atoms. The van der Waals surface area contributed by atoms with E-state index in [1.165, 1.54) is 24.6 Å². The molecule has 2 aliphatic rings. The van der Waals surface area contributed by atoms with Gasteiger partial charge in [-0.2, -0.15) is 8.75 Å². The fourth-order valence-electron chi connectivity index (χ4n) is 3.99. The summed E-state index contributed by atoms with van der Waals surface area (Å²) in [5.41, 5.74) is 2.44. The molecule has 4 rings (SSSR count). The van der Waals surface area contributed by atoms with Crippen LogP contribution in [0, 0.1) is 11.8 Å². The van der Waals surface area contributed by atoms with E-state index in [2.05, 4.69) is 14.1 Å². The van der Waals surface area contributed by atoms with E-state index >= 15 is 0 Å². The number of carbonyl (C=O) groups excluding carboxylic acids is 1. The zero-order chi connectivity index (χ0) is 15.6. The van der Waals surface area contributed by atoms with Crippen LogP contribution in [0.2, 0.25) is 0 Å². The van der Waals surface area contributed by atoms with Gasteiger partial charge >= 0.3 is 0 Å². The van der Waals surface area contributed by atoms with Gasteiger partial charge in [-0.25, -0.2) is 0 Å². The number of rotatable bonds is 2. The number of nitrogens with one attached hydrogen (secondary N) is 1. The van der Waals surface area contributed by atoms with Crippen molar-refractivity contribution in [1.29, 1.82) is 0 Å². The van der Waals surface area contributed by atoms with Gasteiger partial charge in [0.2, 0.25) is 0 Å². The van der Waals surface area contributed by atoms with Gasteiger partial charge in [0.25, 0.3) is 5.91 Å². The lowest BCUT2D eigenvalue weighted by Crippen LogP contribution is -2.42. The van der Waals surface area contributed by atoms with E-state index in [0.29, 0.717) is 0 Å². The van der Waals surface area contributed by atoms with Gasteiger partial charge in [-0.3, -0.25) is 4.79 Å². The van der Waals surface area contributed by atoms with Crippen LogP contribution in [0.15, 0.2) is 18.2 Å². The first-order valence-electron chi connectivity index (χ1n) is 8.53. The maximum absolute atomic E-state index is 12.7. The first kappa shape index (κ1) is 17.6. The lowest BCUT2D eigenvalue weighted by Gasteiger charge is -2.37. The fourth-order valence-corrected chi connectivity index (χ4v) is 4.50. The van der Waals surface area contributed by atoms with E-state index in [1.54, 1.807) is 0 Å². The summed E-state index contributed by atoms with van der Waals surface area (Å²) in [5, 5.41) is 3.44. The summed E-state index contributed by atoms with van der Waals surface area (Å²) < 4.78 is 8.43. The van der Waals surface area contributed by atoms with Gasteiger partial charge < -0.3 is 10.2 Å². The zero-order valence-electron chi connectivity index (χ0n) is 13.6. The lowest BCUT2D eigenvalue weighted by molar-refractivity contribution is 0.0642. The van der Waals surface area contributed by atoms with Crippen LogP contribution in [-0.4, -0.2) is 45.7 Å². The van der Waals surface area contributed by atoms with E-state index in [9.17, 15) is 4.79 Å². The summed E-state index contributed by atoms with van der Waals surface area (Å²) in [6, 6.07) is 5.65. The number of piperidine rings is 2. The van der Waals surface area contributed by atoms with Crippen molar-refractivity contribution in [3.63, 3.8) is 0 Å². The number of carbonyl (C=O) groups is 1. The van der Waals surface area contributed by atoms with Gasteiger partial charge in [-0.15, -0.1) is 12.4 Å². The maximum atomic E-state index is 12.7. The van der Waals surface area contributed by atoms with Crippen molar-refractivity contribution < 1.29 is 4.79 Å². The molecule has 0 radical (unpaired) electrons. The van der Waals surface area contributed by atoms with Gasteiger partial charge in [-0.05, 0) is 68.8 Å². The molecule has 0 unspecified atom stereocenters. The van der Waals surface area contributed by atoms with Crippen molar-refractivity contribution in [2.75, 3.05) is 26.2 Å². The Morgan fingerprint density at radius 3 is 2.46 bits per heavy atom. The van der Waals surface area contributed by atoms with Crippen LogP contribution in [0.25, 0.3) is 11.0 Å². The first-order valence-corrected chi connectivity index (χ1v) is 9.26. The quantitative estimate of drug-likeness (QED) is 0.887. The molecule has 0 atom stereocenters. The highest BCUT2D eigenvalue weighted by Crippen LogP contribution is 2.31. The molecule has 1 aromatic carbocycles. The normalized spacial score (nSPS) is 20.1. The molecule has 2 aliphatic heterocycles. The molecule has 130 valence electrons. The Kier molecular flexibility index (Phi) is 5.69. The van der Waals surface area contributed by atoms with Crippen molar-refractivity contribution in [1.82, 2.24) is 19.0 Å². The SMILES string of the molecule is Cl.O=C(c1ccc2nsnc2c1)N1CCC(C2CCNCC2)CC1. The molecule has 1 aromatic heterocycles. The van der Waals surface area contributed by atoms with Crippen molar-refractivity contribution in [3.8, 4) is 0 Å². The van der Waals surface area contributed by atoms with Crippen LogP contribution < -0.4 is 5.32 Å². The highest BCUT2D eigenvalue weighted by molar-refractivity contribution is 7.00. The van der Waals surface area contributed by atoms with Gasteiger partial charge in [0.15, 0.2) is 0 Å². The molecule has 2 fully saturated rings. The molecule has 5 nitrogen and oxygen atoms in total. The molecule has 0 aliphatic carbocycles. The van der Waals surface area contributed by atoms with Crippen molar-refractivity contribution in [2.24, 2.45) is 11.8 Å². The van der Waals surface area contributed by atoms with Crippen LogP contribution in [0.5, 0.6) is 0 Å². The summed E-state index contributed by atoms with van der Waals surface area (Å²) in [6.45, 7) is 4.10. The number of nitrogens with zero attached hydrogens (tertiary/aromatic N) is 3. The van der Waals surface area contributed by atoms with Crippen molar-refractivity contribution >= 4 is 41.1 Å². The van der Waals surface area contributed by atoms with Crippen LogP contribution in [-0.2, 0) is 0 Å². The number of halogens is 1. The van der Waals surface area contributed by atoms with Crippen molar-refractivity contribution in [3.05, 3.63) is 23.8 Å². The number of likely N-dealkylation sites (tertiary alicyclic amines) is 1. The van der Waals surface area contributed by atoms with Gasteiger partial charge in [-0.1, -0.05) is 0 Å². The third-order valence-electron chi connectivity index (χ3n) is 5.38. The molecule has 0 spiro atoms. The number of hydrogen-bond acceptors (Lipinski definition) is 5. The molecule has 1 amide bonds. The smallest absolute Gasteiger partial charge is 0.253 e. The summed E-state index contributed by atoms with van der Waals surface area (Å²) in [6.07, 6.45) is 4.89. The third-order valence-corrected chi connectivity index (χ3v) is 5.93. The second-order valence-corrected chi connectivity index (χ2v) is 7.21.